The van der Waals surface area contributed by atoms with Crippen LogP contribution in [0.15, 0.2) is 53.3 Å². The first-order chi connectivity index (χ1) is 14.8. The molecule has 1 aromatic heterocycles. The van der Waals surface area contributed by atoms with E-state index < -0.39 is 0 Å². The molecule has 6 nitrogen and oxygen atoms in total. The van der Waals surface area contributed by atoms with Crippen LogP contribution in [0.2, 0.25) is 0 Å². The Morgan fingerprint density at radius 1 is 1.16 bits per heavy atom. The van der Waals surface area contributed by atoms with Crippen molar-refractivity contribution in [2.45, 2.75) is 19.9 Å². The Morgan fingerprint density at radius 2 is 1.94 bits per heavy atom. The number of pyridine rings is 1. The number of carbonyl (C=O) groups is 1. The van der Waals surface area contributed by atoms with Gasteiger partial charge in [-0.05, 0) is 57.7 Å². The smallest absolute Gasteiger partial charge is 0.257 e. The van der Waals surface area contributed by atoms with Gasteiger partial charge in [-0.25, -0.2) is 4.39 Å². The van der Waals surface area contributed by atoms with E-state index in [1.807, 2.05) is 27.1 Å². The van der Waals surface area contributed by atoms with Gasteiger partial charge in [-0.2, -0.15) is 0 Å². The Bertz CT molecular complexity index is 1120. The fourth-order valence-electron chi connectivity index (χ4n) is 3.40. The highest BCUT2D eigenvalue weighted by atomic mass is 19.1. The second-order valence-corrected chi connectivity index (χ2v) is 7.82. The normalized spacial score (nSPS) is 11.1. The highest BCUT2D eigenvalue weighted by Gasteiger charge is 2.11. The number of aromatic nitrogens is 1. The molecule has 0 unspecified atom stereocenters. The lowest BCUT2D eigenvalue weighted by molar-refractivity contribution is -0.123. The van der Waals surface area contributed by atoms with Gasteiger partial charge in [0.2, 0.25) is 0 Å². The molecular weight excluding hydrogens is 397 g/mol. The van der Waals surface area contributed by atoms with Crippen LogP contribution in [-0.2, 0) is 11.3 Å². The molecule has 0 fully saturated rings. The lowest BCUT2D eigenvalue weighted by Crippen LogP contribution is -2.31. The summed E-state index contributed by atoms with van der Waals surface area (Å²) in [5.74, 6) is -0.0865. The number of amides is 1. The second-order valence-electron chi connectivity index (χ2n) is 7.82. The first-order valence-electron chi connectivity index (χ1n) is 10.3. The number of hydrogen-bond donors (Lipinski definition) is 1. The predicted octanol–water partition coefficient (Wildman–Crippen LogP) is 2.94. The highest BCUT2D eigenvalue weighted by molar-refractivity contribution is 5.84. The van der Waals surface area contributed by atoms with Gasteiger partial charge < -0.3 is 19.5 Å². The van der Waals surface area contributed by atoms with Crippen molar-refractivity contribution < 1.29 is 13.9 Å². The lowest BCUT2D eigenvalue weighted by Gasteiger charge is -2.14. The van der Waals surface area contributed by atoms with Crippen molar-refractivity contribution >= 4 is 16.8 Å². The third-order valence-electron chi connectivity index (χ3n) is 5.05. The molecule has 31 heavy (non-hydrogen) atoms. The van der Waals surface area contributed by atoms with Gasteiger partial charge in [0, 0.05) is 29.6 Å². The van der Waals surface area contributed by atoms with E-state index in [2.05, 4.69) is 10.2 Å². The molecule has 0 bridgehead atoms. The largest absolute Gasteiger partial charge is 0.484 e. The Balaban J connectivity index is 1.78. The highest BCUT2D eigenvalue weighted by Crippen LogP contribution is 2.23. The number of carbonyl (C=O) groups excluding carboxylic acids is 1. The summed E-state index contributed by atoms with van der Waals surface area (Å²) in [5, 5.41) is 3.70. The summed E-state index contributed by atoms with van der Waals surface area (Å²) in [6.45, 7) is 3.33. The summed E-state index contributed by atoms with van der Waals surface area (Å²) < 4.78 is 21.3. The molecule has 0 radical (unpaired) electrons. The average molecular weight is 426 g/mol. The van der Waals surface area contributed by atoms with Crippen LogP contribution < -0.4 is 15.6 Å². The Hall–Kier alpha value is -3.19. The van der Waals surface area contributed by atoms with E-state index in [9.17, 15) is 14.0 Å². The van der Waals surface area contributed by atoms with Crippen LogP contribution in [0.4, 0.5) is 4.39 Å². The monoisotopic (exact) mass is 425 g/mol. The van der Waals surface area contributed by atoms with Crippen molar-refractivity contribution in [3.8, 4) is 5.75 Å². The van der Waals surface area contributed by atoms with Crippen molar-refractivity contribution in [2.24, 2.45) is 0 Å². The van der Waals surface area contributed by atoms with Crippen molar-refractivity contribution in [3.05, 3.63) is 75.8 Å². The molecule has 0 atom stereocenters. The number of hydrogen-bond acceptors (Lipinski definition) is 4. The number of rotatable bonds is 9. The minimum atomic E-state index is -0.360. The summed E-state index contributed by atoms with van der Waals surface area (Å²) >= 11 is 0. The van der Waals surface area contributed by atoms with E-state index in [1.54, 1.807) is 36.4 Å². The number of fused-ring (bicyclic) bond motifs is 1. The molecule has 3 rings (SSSR count). The van der Waals surface area contributed by atoms with Crippen molar-refractivity contribution in [1.82, 2.24) is 14.8 Å². The minimum absolute atomic E-state index is 0.109. The first kappa shape index (κ1) is 22.5. The van der Waals surface area contributed by atoms with Gasteiger partial charge in [-0.3, -0.25) is 9.59 Å². The summed E-state index contributed by atoms with van der Waals surface area (Å²) in [6, 6.07) is 13.3. The van der Waals surface area contributed by atoms with E-state index in [1.165, 1.54) is 10.6 Å². The average Bonchev–Trinajstić information content (AvgIpc) is 2.73. The van der Waals surface area contributed by atoms with Gasteiger partial charge in [0.25, 0.3) is 11.5 Å². The molecular formula is C24H28FN3O3. The van der Waals surface area contributed by atoms with Gasteiger partial charge >= 0.3 is 0 Å². The van der Waals surface area contributed by atoms with Crippen LogP contribution in [0.1, 0.15) is 17.5 Å². The molecule has 0 saturated heterocycles. The maximum Gasteiger partial charge on any atom is 0.257 e. The third kappa shape index (κ3) is 5.92. The van der Waals surface area contributed by atoms with Crippen LogP contribution in [0.25, 0.3) is 10.9 Å². The van der Waals surface area contributed by atoms with Crippen LogP contribution in [0.3, 0.4) is 0 Å². The molecule has 2 aromatic carbocycles. The molecule has 1 heterocycles. The maximum absolute atomic E-state index is 14.2. The fraction of sp³-hybridized carbons (Fsp3) is 0.333. The SMILES string of the molecule is Cc1cc(=O)n(Cc2ccccc2F)c2cc(OCC(=O)NCCCN(C)C)ccc12. The number of halogens is 1. The molecule has 0 aliphatic carbocycles. The number of ether oxygens (including phenoxy) is 1. The van der Waals surface area contributed by atoms with Crippen LogP contribution in [0, 0.1) is 12.7 Å². The van der Waals surface area contributed by atoms with Crippen molar-refractivity contribution in [2.75, 3.05) is 33.8 Å². The Kier molecular flexibility index (Phi) is 7.41. The van der Waals surface area contributed by atoms with Crippen molar-refractivity contribution in [3.63, 3.8) is 0 Å². The van der Waals surface area contributed by atoms with Gasteiger partial charge in [-0.15, -0.1) is 0 Å². The van der Waals surface area contributed by atoms with Crippen molar-refractivity contribution in [1.29, 1.82) is 0 Å². The number of nitrogens with one attached hydrogen (secondary N) is 1. The molecule has 0 saturated carbocycles. The summed E-state index contributed by atoms with van der Waals surface area (Å²) in [7, 11) is 3.97. The van der Waals surface area contributed by atoms with Gasteiger partial charge in [-0.1, -0.05) is 18.2 Å². The zero-order valence-corrected chi connectivity index (χ0v) is 18.2. The third-order valence-corrected chi connectivity index (χ3v) is 5.05. The Labute approximate surface area is 181 Å². The quantitative estimate of drug-likeness (QED) is 0.536. The van der Waals surface area contributed by atoms with E-state index >= 15 is 0 Å². The predicted molar refractivity (Wildman–Crippen MR) is 120 cm³/mol. The van der Waals surface area contributed by atoms with Gasteiger partial charge in [0.1, 0.15) is 11.6 Å². The molecule has 1 N–H and O–H groups in total. The minimum Gasteiger partial charge on any atom is -0.484 e. The van der Waals surface area contributed by atoms with Crippen LogP contribution >= 0.6 is 0 Å². The van der Waals surface area contributed by atoms with E-state index in [0.29, 0.717) is 23.4 Å². The van der Waals surface area contributed by atoms with Crippen LogP contribution in [-0.4, -0.2) is 49.2 Å². The number of nitrogens with zero attached hydrogens (tertiary/aromatic N) is 2. The van der Waals surface area contributed by atoms with E-state index in [4.69, 9.17) is 4.74 Å². The van der Waals surface area contributed by atoms with Crippen LogP contribution in [0.5, 0.6) is 5.75 Å². The topological polar surface area (TPSA) is 63.6 Å². The first-order valence-corrected chi connectivity index (χ1v) is 10.3. The van der Waals surface area contributed by atoms with E-state index in [-0.39, 0.29) is 30.4 Å². The second kappa shape index (κ2) is 10.2. The fourth-order valence-corrected chi connectivity index (χ4v) is 3.40. The Morgan fingerprint density at radius 3 is 2.68 bits per heavy atom. The molecule has 7 heteroatoms. The van der Waals surface area contributed by atoms with Gasteiger partial charge in [0.05, 0.1) is 12.1 Å². The molecule has 164 valence electrons. The lowest BCUT2D eigenvalue weighted by atomic mass is 10.1. The molecule has 3 aromatic rings. The molecule has 0 aliphatic rings. The van der Waals surface area contributed by atoms with Gasteiger partial charge in [0.15, 0.2) is 6.61 Å². The standard InChI is InChI=1S/C24H28FN3O3/c1-17-13-24(30)28(15-18-7-4-5-8-21(18)25)22-14-19(9-10-20(17)22)31-16-23(29)26-11-6-12-27(2)3/h4-5,7-10,13-14H,6,11-12,15-16H2,1-3H3,(H,26,29). The maximum atomic E-state index is 14.2. The number of aryl methyl sites for hydroxylation is 1. The summed E-state index contributed by atoms with van der Waals surface area (Å²) in [5.41, 5.74) is 1.68. The number of benzene rings is 2. The molecule has 0 spiro atoms. The summed E-state index contributed by atoms with van der Waals surface area (Å²) in [4.78, 5) is 26.8. The summed E-state index contributed by atoms with van der Waals surface area (Å²) in [6.07, 6.45) is 0.857. The zero-order chi connectivity index (χ0) is 22.4. The molecule has 1 amide bonds. The molecule has 0 aliphatic heterocycles. The zero-order valence-electron chi connectivity index (χ0n) is 18.2. The van der Waals surface area contributed by atoms with E-state index in [0.717, 1.165) is 23.9 Å².